The van der Waals surface area contributed by atoms with Gasteiger partial charge in [-0.2, -0.15) is 0 Å². The number of rotatable bonds is 6. The molecule has 186 valence electrons. The average Bonchev–Trinajstić information content (AvgIpc) is 3.52. The van der Waals surface area contributed by atoms with Gasteiger partial charge in [-0.3, -0.25) is 0 Å². The van der Waals surface area contributed by atoms with E-state index in [0.29, 0.717) is 15.8 Å². The zero-order valence-corrected chi connectivity index (χ0v) is 24.9. The molecule has 2 aliphatic carbocycles. The van der Waals surface area contributed by atoms with E-state index in [9.17, 15) is 0 Å². The van der Waals surface area contributed by atoms with Crippen LogP contribution in [0.3, 0.4) is 0 Å². The first-order valence-corrected chi connectivity index (χ1v) is 16.4. The van der Waals surface area contributed by atoms with Crippen LogP contribution in [0.5, 0.6) is 0 Å². The summed E-state index contributed by atoms with van der Waals surface area (Å²) >= 11 is 0. The third-order valence-corrected chi connectivity index (χ3v) is 17.3. The zero-order chi connectivity index (χ0) is 19.9. The van der Waals surface area contributed by atoms with E-state index in [1.54, 1.807) is 51.4 Å². The molecule has 0 aromatic heterocycles. The first-order valence-electron chi connectivity index (χ1n) is 13.3. The standard InChI is InChI=1S/2C13H25P.2CH3.Fe/c2*1-3-11-9-10-12(4-2)14(11)13-7-5-6-8-13;;;/h2*11-13H,3-10H2,1-2H3;2*1H3;/q;;2*-1;+2/t11-,12-;;;;/m1..../s1. The van der Waals surface area contributed by atoms with Crippen LogP contribution >= 0.6 is 15.8 Å². The van der Waals surface area contributed by atoms with Crippen molar-refractivity contribution in [1.82, 2.24) is 0 Å². The Balaban J connectivity index is 0.000000529. The van der Waals surface area contributed by atoms with E-state index in [-0.39, 0.29) is 31.9 Å². The summed E-state index contributed by atoms with van der Waals surface area (Å²) in [4.78, 5) is 0. The molecule has 4 rings (SSSR count). The fraction of sp³-hybridized carbons (Fsp3) is 0.929. The predicted molar refractivity (Wildman–Crippen MR) is 146 cm³/mol. The predicted octanol–water partition coefficient (Wildman–Crippen LogP) is 10.4. The molecule has 0 aromatic carbocycles. The van der Waals surface area contributed by atoms with Gasteiger partial charge >= 0.3 is 17.1 Å². The smallest absolute Gasteiger partial charge is 0.358 e. The van der Waals surface area contributed by atoms with Crippen molar-refractivity contribution in [3.8, 4) is 0 Å². The quantitative estimate of drug-likeness (QED) is 0.189. The molecule has 0 N–H and O–H groups in total. The third-order valence-electron chi connectivity index (χ3n) is 8.73. The summed E-state index contributed by atoms with van der Waals surface area (Å²) in [7, 11) is 0.853. The van der Waals surface area contributed by atoms with Crippen LogP contribution in [-0.4, -0.2) is 34.0 Å². The molecule has 0 bridgehead atoms. The van der Waals surface area contributed by atoms with Gasteiger partial charge in [-0.15, -0.1) is 0 Å². The second-order valence-corrected chi connectivity index (χ2v) is 16.3. The first kappa shape index (κ1) is 32.4. The molecule has 0 spiro atoms. The van der Waals surface area contributed by atoms with E-state index >= 15 is 0 Å². The summed E-state index contributed by atoms with van der Waals surface area (Å²) in [6.45, 7) is 9.69. The van der Waals surface area contributed by atoms with Crippen molar-refractivity contribution >= 4 is 15.8 Å². The molecule has 2 saturated heterocycles. The van der Waals surface area contributed by atoms with Crippen LogP contribution in [0.1, 0.15) is 130 Å². The minimum atomic E-state index is 0. The fourth-order valence-electron chi connectivity index (χ4n) is 7.22. The topological polar surface area (TPSA) is 0 Å². The summed E-state index contributed by atoms with van der Waals surface area (Å²) in [5, 5.41) is 0. The molecule has 2 saturated carbocycles. The van der Waals surface area contributed by atoms with Gasteiger partial charge in [0.05, 0.1) is 0 Å². The molecule has 2 heterocycles. The average molecular weight is 511 g/mol. The second kappa shape index (κ2) is 16.9. The van der Waals surface area contributed by atoms with E-state index in [4.69, 9.17) is 0 Å². The van der Waals surface area contributed by atoms with Gasteiger partial charge in [0, 0.05) is 0 Å². The van der Waals surface area contributed by atoms with Crippen molar-refractivity contribution in [2.45, 2.75) is 164 Å². The van der Waals surface area contributed by atoms with E-state index in [1.165, 1.54) is 62.7 Å². The van der Waals surface area contributed by atoms with E-state index in [1.807, 2.05) is 0 Å². The van der Waals surface area contributed by atoms with Gasteiger partial charge in [0.1, 0.15) is 0 Å². The molecule has 0 nitrogen and oxygen atoms in total. The Morgan fingerprint density at radius 2 is 0.677 bits per heavy atom. The van der Waals surface area contributed by atoms with Crippen LogP contribution in [-0.2, 0) is 17.1 Å². The minimum Gasteiger partial charge on any atom is -0.358 e. The Hall–Kier alpha value is 1.38. The van der Waals surface area contributed by atoms with Crippen LogP contribution in [0.4, 0.5) is 0 Å². The Kier molecular flexibility index (Phi) is 17.7. The van der Waals surface area contributed by atoms with Crippen molar-refractivity contribution < 1.29 is 17.1 Å². The fourth-order valence-corrected chi connectivity index (χ4v) is 16.2. The summed E-state index contributed by atoms with van der Waals surface area (Å²) in [6.07, 6.45) is 24.6. The Morgan fingerprint density at radius 1 is 0.452 bits per heavy atom. The molecule has 2 unspecified atom stereocenters. The van der Waals surface area contributed by atoms with E-state index in [2.05, 4.69) is 27.7 Å². The molecule has 0 aromatic rings. The molecular weight excluding hydrogens is 454 g/mol. The summed E-state index contributed by atoms with van der Waals surface area (Å²) in [5.74, 6) is 0. The Bertz CT molecular complexity index is 367. The van der Waals surface area contributed by atoms with Crippen LogP contribution < -0.4 is 0 Å². The van der Waals surface area contributed by atoms with Gasteiger partial charge in [-0.1, -0.05) is 69.2 Å². The van der Waals surface area contributed by atoms with Crippen molar-refractivity contribution in [3.63, 3.8) is 0 Å². The maximum Gasteiger partial charge on any atom is 2.00 e. The second-order valence-electron chi connectivity index (χ2n) is 10.2. The monoisotopic (exact) mass is 510 g/mol. The van der Waals surface area contributed by atoms with Crippen LogP contribution in [0.2, 0.25) is 0 Å². The SMILES string of the molecule is CCC1CCC(CC)P1C1CCCC1.CC[C@@H]1CC[C@@H](CC)P1C1CCCC1.[CH3-].[CH3-].[Fe+2]. The zero-order valence-electron chi connectivity index (χ0n) is 22.0. The van der Waals surface area contributed by atoms with Crippen molar-refractivity contribution in [1.29, 1.82) is 0 Å². The number of hydrogen-bond acceptors (Lipinski definition) is 0. The maximum absolute atomic E-state index is 2.42. The van der Waals surface area contributed by atoms with Crippen molar-refractivity contribution in [2.24, 2.45) is 0 Å². The van der Waals surface area contributed by atoms with Gasteiger partial charge in [-0.25, -0.2) is 0 Å². The molecule has 0 radical (unpaired) electrons. The van der Waals surface area contributed by atoms with Gasteiger partial charge in [0.15, 0.2) is 0 Å². The summed E-state index contributed by atoms with van der Waals surface area (Å²) in [6, 6.07) is 0. The molecule has 31 heavy (non-hydrogen) atoms. The third kappa shape index (κ3) is 8.23. The molecule has 4 aliphatic rings. The minimum absolute atomic E-state index is 0. The van der Waals surface area contributed by atoms with Crippen molar-refractivity contribution in [2.75, 3.05) is 0 Å². The van der Waals surface area contributed by atoms with Gasteiger partial charge < -0.3 is 14.9 Å². The van der Waals surface area contributed by atoms with Gasteiger partial charge in [-0.05, 0) is 111 Å². The maximum atomic E-state index is 2.42. The van der Waals surface area contributed by atoms with Gasteiger partial charge in [0.25, 0.3) is 0 Å². The Morgan fingerprint density at radius 3 is 0.871 bits per heavy atom. The summed E-state index contributed by atoms with van der Waals surface area (Å²) < 4.78 is 0. The molecule has 2 aliphatic heterocycles. The van der Waals surface area contributed by atoms with Crippen LogP contribution in [0.25, 0.3) is 0 Å². The molecule has 3 heteroatoms. The molecule has 4 atom stereocenters. The van der Waals surface area contributed by atoms with E-state index < -0.39 is 0 Å². The largest absolute Gasteiger partial charge is 2.00 e. The molecule has 0 amide bonds. The molecule has 4 fully saturated rings. The van der Waals surface area contributed by atoms with Crippen LogP contribution in [0, 0.1) is 14.9 Å². The normalized spacial score (nSPS) is 33.9. The first-order chi connectivity index (χ1) is 13.7. The van der Waals surface area contributed by atoms with Crippen molar-refractivity contribution in [3.05, 3.63) is 14.9 Å². The number of hydrogen-bond donors (Lipinski definition) is 0. The summed E-state index contributed by atoms with van der Waals surface area (Å²) in [5.41, 5.74) is 6.97. The van der Waals surface area contributed by atoms with E-state index in [0.717, 1.165) is 22.6 Å². The van der Waals surface area contributed by atoms with Gasteiger partial charge in [0.2, 0.25) is 0 Å². The van der Waals surface area contributed by atoms with Crippen LogP contribution in [0.15, 0.2) is 0 Å². The Labute approximate surface area is 211 Å². The molecular formula is C28H56FeP2.